The standard InChI is InChI=1S/C10H9FN4O/c11-10-9(7-16)8(4-6-13-10)3-1-2-5-14-15-12/h1,3-4,6-7H,2,5H2. The highest BCUT2D eigenvalue weighted by atomic mass is 19.1. The number of nitrogens with zero attached hydrogens (tertiary/aromatic N) is 4. The Bertz CT molecular complexity index is 452. The van der Waals surface area contributed by atoms with Crippen molar-refractivity contribution in [2.24, 2.45) is 5.11 Å². The third-order valence-corrected chi connectivity index (χ3v) is 1.85. The monoisotopic (exact) mass is 220 g/mol. The first-order valence-electron chi connectivity index (χ1n) is 4.56. The maximum Gasteiger partial charge on any atom is 0.224 e. The molecule has 0 N–H and O–H groups in total. The van der Waals surface area contributed by atoms with Crippen LogP contribution in [-0.4, -0.2) is 17.8 Å². The molecule has 6 heteroatoms. The summed E-state index contributed by atoms with van der Waals surface area (Å²) in [7, 11) is 0. The predicted molar refractivity (Wildman–Crippen MR) is 57.2 cm³/mol. The quantitative estimate of drug-likeness (QED) is 0.191. The normalized spacial score (nSPS) is 10.1. The van der Waals surface area contributed by atoms with Crippen molar-refractivity contribution >= 4 is 12.4 Å². The van der Waals surface area contributed by atoms with E-state index in [2.05, 4.69) is 15.0 Å². The first-order valence-corrected chi connectivity index (χ1v) is 4.56. The van der Waals surface area contributed by atoms with Crippen molar-refractivity contribution in [1.29, 1.82) is 0 Å². The van der Waals surface area contributed by atoms with Gasteiger partial charge in [-0.15, -0.1) is 0 Å². The number of carbonyl (C=O) groups excluding carboxylic acids is 1. The van der Waals surface area contributed by atoms with Crippen molar-refractivity contribution in [2.75, 3.05) is 6.54 Å². The molecule has 0 aromatic carbocycles. The summed E-state index contributed by atoms with van der Waals surface area (Å²) < 4.78 is 13.0. The van der Waals surface area contributed by atoms with Gasteiger partial charge in [0, 0.05) is 17.7 Å². The highest BCUT2D eigenvalue weighted by molar-refractivity contribution is 5.81. The molecule has 1 aromatic rings. The number of aromatic nitrogens is 1. The van der Waals surface area contributed by atoms with Gasteiger partial charge in [-0.3, -0.25) is 4.79 Å². The summed E-state index contributed by atoms with van der Waals surface area (Å²) in [6.45, 7) is 0.330. The largest absolute Gasteiger partial charge is 0.298 e. The molecule has 0 atom stereocenters. The van der Waals surface area contributed by atoms with Crippen LogP contribution in [0.15, 0.2) is 23.5 Å². The van der Waals surface area contributed by atoms with Gasteiger partial charge in [0.1, 0.15) is 0 Å². The van der Waals surface area contributed by atoms with Gasteiger partial charge in [0.05, 0.1) is 5.56 Å². The summed E-state index contributed by atoms with van der Waals surface area (Å²) in [5.74, 6) is -0.785. The lowest BCUT2D eigenvalue weighted by atomic mass is 10.1. The van der Waals surface area contributed by atoms with Crippen LogP contribution in [0, 0.1) is 5.95 Å². The lowest BCUT2D eigenvalue weighted by molar-refractivity contribution is 0.111. The van der Waals surface area contributed by atoms with E-state index in [-0.39, 0.29) is 5.56 Å². The maximum atomic E-state index is 13.0. The van der Waals surface area contributed by atoms with Crippen LogP contribution in [0.5, 0.6) is 0 Å². The fraction of sp³-hybridized carbons (Fsp3) is 0.200. The Balaban J connectivity index is 2.76. The topological polar surface area (TPSA) is 78.7 Å². The Labute approximate surface area is 91.2 Å². The SMILES string of the molecule is [N-]=[N+]=NCCC=Cc1ccnc(F)c1C=O. The average Bonchev–Trinajstić information content (AvgIpc) is 2.29. The van der Waals surface area contributed by atoms with Crippen molar-refractivity contribution in [2.45, 2.75) is 6.42 Å². The molecule has 0 aliphatic rings. The molecule has 82 valence electrons. The van der Waals surface area contributed by atoms with Gasteiger partial charge in [-0.2, -0.15) is 4.39 Å². The first kappa shape index (κ1) is 11.9. The maximum absolute atomic E-state index is 13.0. The van der Waals surface area contributed by atoms with Gasteiger partial charge in [-0.05, 0) is 23.6 Å². The van der Waals surface area contributed by atoms with Crippen LogP contribution < -0.4 is 0 Å². The molecule has 1 rings (SSSR count). The Morgan fingerprint density at radius 3 is 3.12 bits per heavy atom. The van der Waals surface area contributed by atoms with E-state index in [4.69, 9.17) is 5.53 Å². The Morgan fingerprint density at radius 1 is 1.62 bits per heavy atom. The molecule has 1 heterocycles. The van der Waals surface area contributed by atoms with E-state index in [0.717, 1.165) is 0 Å². The number of azide groups is 1. The van der Waals surface area contributed by atoms with Crippen LogP contribution in [0.2, 0.25) is 0 Å². The molecule has 0 amide bonds. The van der Waals surface area contributed by atoms with Gasteiger partial charge >= 0.3 is 0 Å². The van der Waals surface area contributed by atoms with Crippen molar-refractivity contribution in [1.82, 2.24) is 4.98 Å². The van der Waals surface area contributed by atoms with E-state index in [9.17, 15) is 9.18 Å². The zero-order valence-corrected chi connectivity index (χ0v) is 8.38. The number of aldehydes is 1. The summed E-state index contributed by atoms with van der Waals surface area (Å²) in [5.41, 5.74) is 8.43. The zero-order chi connectivity index (χ0) is 11.8. The molecule has 0 bridgehead atoms. The lowest BCUT2D eigenvalue weighted by Crippen LogP contribution is -1.94. The summed E-state index contributed by atoms with van der Waals surface area (Å²) >= 11 is 0. The van der Waals surface area contributed by atoms with E-state index in [1.54, 1.807) is 12.2 Å². The molecule has 5 nitrogen and oxygen atoms in total. The Kier molecular flexibility index (Phi) is 4.69. The molecule has 1 aromatic heterocycles. The van der Waals surface area contributed by atoms with Gasteiger partial charge in [0.2, 0.25) is 5.95 Å². The van der Waals surface area contributed by atoms with Gasteiger partial charge in [-0.1, -0.05) is 17.3 Å². The Morgan fingerprint density at radius 2 is 2.44 bits per heavy atom. The zero-order valence-electron chi connectivity index (χ0n) is 8.38. The number of hydrogen-bond acceptors (Lipinski definition) is 3. The first-order chi connectivity index (χ1) is 7.79. The molecular weight excluding hydrogens is 211 g/mol. The van der Waals surface area contributed by atoms with Crippen molar-refractivity contribution < 1.29 is 9.18 Å². The lowest BCUT2D eigenvalue weighted by Gasteiger charge is -1.98. The minimum atomic E-state index is -0.785. The number of pyridine rings is 1. The highest BCUT2D eigenvalue weighted by Crippen LogP contribution is 2.10. The fourth-order valence-corrected chi connectivity index (χ4v) is 1.11. The van der Waals surface area contributed by atoms with E-state index in [1.165, 1.54) is 12.3 Å². The van der Waals surface area contributed by atoms with E-state index < -0.39 is 5.95 Å². The molecule has 16 heavy (non-hydrogen) atoms. The van der Waals surface area contributed by atoms with Crippen LogP contribution in [0.25, 0.3) is 16.5 Å². The fourth-order valence-electron chi connectivity index (χ4n) is 1.11. The van der Waals surface area contributed by atoms with Crippen LogP contribution in [-0.2, 0) is 0 Å². The van der Waals surface area contributed by atoms with E-state index >= 15 is 0 Å². The van der Waals surface area contributed by atoms with E-state index in [1.807, 2.05) is 0 Å². The second-order valence-corrected chi connectivity index (χ2v) is 2.87. The average molecular weight is 220 g/mol. The minimum absolute atomic E-state index is 0.0671. The number of carbonyl (C=O) groups is 1. The van der Waals surface area contributed by atoms with Crippen molar-refractivity contribution in [3.05, 3.63) is 45.9 Å². The molecule has 0 fully saturated rings. The van der Waals surface area contributed by atoms with Gasteiger partial charge in [0.25, 0.3) is 0 Å². The summed E-state index contributed by atoms with van der Waals surface area (Å²) in [4.78, 5) is 16.6. The van der Waals surface area contributed by atoms with Crippen LogP contribution in [0.1, 0.15) is 22.3 Å². The third-order valence-electron chi connectivity index (χ3n) is 1.85. The van der Waals surface area contributed by atoms with Gasteiger partial charge < -0.3 is 0 Å². The predicted octanol–water partition coefficient (Wildman–Crippen LogP) is 2.75. The number of rotatable bonds is 5. The molecule has 0 aliphatic heterocycles. The Hall–Kier alpha value is -2.20. The number of hydrogen-bond donors (Lipinski definition) is 0. The van der Waals surface area contributed by atoms with E-state index in [0.29, 0.717) is 24.8 Å². The molecule has 0 saturated carbocycles. The molecular formula is C10H9FN4O. The smallest absolute Gasteiger partial charge is 0.224 e. The summed E-state index contributed by atoms with van der Waals surface area (Å²) in [6, 6.07) is 1.54. The molecule has 0 aliphatic carbocycles. The van der Waals surface area contributed by atoms with Gasteiger partial charge in [-0.25, -0.2) is 4.98 Å². The van der Waals surface area contributed by atoms with Crippen LogP contribution in [0.3, 0.4) is 0 Å². The second kappa shape index (κ2) is 6.31. The molecule has 0 spiro atoms. The molecule has 0 unspecified atom stereocenters. The minimum Gasteiger partial charge on any atom is -0.298 e. The summed E-state index contributed by atoms with van der Waals surface area (Å²) in [5, 5.41) is 3.34. The highest BCUT2D eigenvalue weighted by Gasteiger charge is 2.05. The molecule has 0 radical (unpaired) electrons. The number of halogens is 1. The van der Waals surface area contributed by atoms with Gasteiger partial charge in [0.15, 0.2) is 6.29 Å². The third kappa shape index (κ3) is 3.18. The molecule has 0 saturated heterocycles. The van der Waals surface area contributed by atoms with Crippen LogP contribution >= 0.6 is 0 Å². The van der Waals surface area contributed by atoms with Crippen molar-refractivity contribution in [3.8, 4) is 0 Å². The summed E-state index contributed by atoms with van der Waals surface area (Å²) in [6.07, 6.45) is 5.55. The van der Waals surface area contributed by atoms with Crippen LogP contribution in [0.4, 0.5) is 4.39 Å². The van der Waals surface area contributed by atoms with Crippen molar-refractivity contribution in [3.63, 3.8) is 0 Å². The second-order valence-electron chi connectivity index (χ2n) is 2.87.